The second kappa shape index (κ2) is 7.68. The first-order chi connectivity index (χ1) is 16.2. The minimum Gasteiger partial charge on any atom is -0.870 e. The molecule has 13 heteroatoms. The number of nitrogens with two attached hydrogens (primary N) is 1. The molecule has 1 amide bonds. The van der Waals surface area contributed by atoms with E-state index in [-0.39, 0.29) is 23.4 Å². The molecule has 35 heavy (non-hydrogen) atoms. The summed E-state index contributed by atoms with van der Waals surface area (Å²) in [6.07, 6.45) is -2.76. The molecule has 0 aliphatic heterocycles. The van der Waals surface area contributed by atoms with Crippen molar-refractivity contribution in [2.45, 2.75) is 37.1 Å². The number of hydrogen-bond donors (Lipinski definition) is 6. The molecule has 0 aromatic heterocycles. The fraction of sp³-hybridized carbons (Fsp3) is 0.500. The van der Waals surface area contributed by atoms with Crippen LogP contribution in [0.2, 0.25) is 0 Å². The second-order valence-corrected chi connectivity index (χ2v) is 9.65. The van der Waals surface area contributed by atoms with Crippen molar-refractivity contribution in [1.82, 2.24) is 4.91 Å². The van der Waals surface area contributed by atoms with Crippen molar-refractivity contribution >= 4 is 28.8 Å². The fourth-order valence-electron chi connectivity index (χ4n) is 5.98. The Kier molecular flexibility index (Phi) is 5.38. The van der Waals surface area contributed by atoms with Crippen LogP contribution in [0, 0.1) is 23.3 Å². The third-order valence-electron chi connectivity index (χ3n) is 7.61. The van der Waals surface area contributed by atoms with Crippen LogP contribution in [0.3, 0.4) is 0 Å². The van der Waals surface area contributed by atoms with Gasteiger partial charge < -0.3 is 36.2 Å². The van der Waals surface area contributed by atoms with E-state index in [4.69, 9.17) is 11.3 Å². The van der Waals surface area contributed by atoms with Gasteiger partial charge in [0.05, 0.1) is 11.5 Å². The van der Waals surface area contributed by atoms with Gasteiger partial charge >= 0.3 is 0 Å². The molecule has 1 fully saturated rings. The van der Waals surface area contributed by atoms with Crippen LogP contribution >= 0.6 is 0 Å². The highest BCUT2D eigenvalue weighted by Crippen LogP contribution is 2.59. The summed E-state index contributed by atoms with van der Waals surface area (Å²) in [5.41, 5.74) is 6.23. The number of aliphatic hydroxyl groups is 4. The monoisotopic (exact) mass is 487 g/mol. The first kappa shape index (κ1) is 24.5. The zero-order valence-corrected chi connectivity index (χ0v) is 19.1. The van der Waals surface area contributed by atoms with Crippen molar-refractivity contribution in [3.8, 4) is 5.75 Å². The van der Waals surface area contributed by atoms with Crippen LogP contribution in [-0.2, 0) is 15.2 Å². The molecule has 0 radical (unpaired) electrons. The average Bonchev–Trinajstić information content (AvgIpc) is 2.75. The summed E-state index contributed by atoms with van der Waals surface area (Å²) in [7, 11) is 3.22. The lowest BCUT2D eigenvalue weighted by Crippen LogP contribution is -2.67. The summed E-state index contributed by atoms with van der Waals surface area (Å²) >= 11 is 0. The Hall–Kier alpha value is -3.64. The molecule has 3 aliphatic rings. The van der Waals surface area contributed by atoms with E-state index in [1.807, 2.05) is 0 Å². The molecule has 186 valence electrons. The van der Waals surface area contributed by atoms with Gasteiger partial charge in [0.15, 0.2) is 22.3 Å². The number of Topliss-reactive ketones (excluding diaryl/α,β-unsaturated/α-hetero) is 2. The van der Waals surface area contributed by atoms with Gasteiger partial charge in [-0.2, -0.15) is 0 Å². The van der Waals surface area contributed by atoms with Gasteiger partial charge in [-0.15, -0.1) is 0 Å². The number of benzene rings is 1. The highest BCUT2D eigenvalue weighted by molar-refractivity contribution is 6.20. The number of anilines is 1. The Balaban J connectivity index is 2.00. The maximum Gasteiger partial charge on any atom is 0.255 e. The SMILES string of the molecule is CN(C)c1cc(N=[N+]=N)c([O-])c2c1[C@@](C)(O)C1CC3CC(=O)C(C(N)=O)=C(O)C3(O)C(O)C1C2=O. The topological polar surface area (TPSA) is 235 Å². The first-order valence-corrected chi connectivity index (χ1v) is 10.8. The molecule has 13 nitrogen and oxygen atoms in total. The van der Waals surface area contributed by atoms with Crippen LogP contribution in [-0.4, -0.2) is 63.7 Å². The van der Waals surface area contributed by atoms with Gasteiger partial charge in [0.1, 0.15) is 28.7 Å². The standard InChI is InChI=1S/C22H25N5O8/c1-21(34)8-4-7-5-11(28)13(20(23)33)19(32)22(7,35)18(31)12(8)17(30)14-15(21)10(27(2)3)6-9(16(14)29)25-26-24/h6-8,12,18,24,31,34-35H,4-5H2,1-3H3,(H3,23,28,32,33)/t7?,8?,12?,18?,21-,22?/m0/s1. The van der Waals surface area contributed by atoms with E-state index in [1.54, 1.807) is 14.1 Å². The van der Waals surface area contributed by atoms with Gasteiger partial charge in [0.25, 0.3) is 5.91 Å². The predicted octanol–water partition coefficient (Wildman–Crippen LogP) is -0.974. The summed E-state index contributed by atoms with van der Waals surface area (Å²) in [4.78, 5) is 42.4. The molecule has 5 unspecified atom stereocenters. The van der Waals surface area contributed by atoms with E-state index in [2.05, 4.69) is 10.0 Å². The molecule has 1 aromatic rings. The number of carbonyl (C=O) groups is 3. The largest absolute Gasteiger partial charge is 0.870 e. The van der Waals surface area contributed by atoms with Crippen LogP contribution in [0.4, 0.5) is 11.4 Å². The minimum absolute atomic E-state index is 0.0138. The van der Waals surface area contributed by atoms with Gasteiger partial charge in [0, 0.05) is 49.2 Å². The van der Waals surface area contributed by atoms with Gasteiger partial charge in [-0.1, -0.05) is 5.75 Å². The van der Waals surface area contributed by atoms with Gasteiger partial charge in [0.2, 0.25) is 4.91 Å². The molecule has 1 saturated carbocycles. The summed E-state index contributed by atoms with van der Waals surface area (Å²) in [5, 5.41) is 61.7. The van der Waals surface area contributed by atoms with Crippen molar-refractivity contribution in [1.29, 1.82) is 5.53 Å². The van der Waals surface area contributed by atoms with Crippen molar-refractivity contribution in [2.75, 3.05) is 19.0 Å². The molecule has 0 saturated heterocycles. The zero-order chi connectivity index (χ0) is 26.2. The summed E-state index contributed by atoms with van der Waals surface area (Å²) in [6.45, 7) is 1.36. The predicted molar refractivity (Wildman–Crippen MR) is 116 cm³/mol. The molecule has 0 bridgehead atoms. The van der Waals surface area contributed by atoms with Crippen molar-refractivity contribution < 1.29 is 39.9 Å². The lowest BCUT2D eigenvalue weighted by Gasteiger charge is -2.56. The summed E-state index contributed by atoms with van der Waals surface area (Å²) < 4.78 is 0. The Bertz CT molecular complexity index is 1260. The molecule has 0 heterocycles. The number of amides is 1. The quantitative estimate of drug-likeness (QED) is 0.174. The number of ketones is 2. The number of primary amides is 1. The molecule has 4 rings (SSSR count). The van der Waals surface area contributed by atoms with E-state index in [0.717, 1.165) is 0 Å². The molecular formula is C22H25N5O8. The number of aliphatic hydroxyl groups excluding tert-OH is 2. The highest BCUT2D eigenvalue weighted by atomic mass is 16.4. The average molecular weight is 487 g/mol. The van der Waals surface area contributed by atoms with E-state index in [0.29, 0.717) is 0 Å². The summed E-state index contributed by atoms with van der Waals surface area (Å²) in [5.74, 6) is -8.93. The van der Waals surface area contributed by atoms with Crippen LogP contribution in [0.5, 0.6) is 5.75 Å². The van der Waals surface area contributed by atoms with Crippen LogP contribution < -0.4 is 20.7 Å². The number of fused-ring (bicyclic) bond motifs is 3. The van der Waals surface area contributed by atoms with Crippen molar-refractivity contribution in [3.63, 3.8) is 0 Å². The normalized spacial score (nSPS) is 33.9. The molecule has 0 spiro atoms. The lowest BCUT2D eigenvalue weighted by molar-refractivity contribution is -0.268. The number of hydrogen-bond acceptors (Lipinski definition) is 11. The maximum atomic E-state index is 13.7. The van der Waals surface area contributed by atoms with E-state index < -0.39 is 81.6 Å². The third-order valence-corrected chi connectivity index (χ3v) is 7.61. The van der Waals surface area contributed by atoms with Crippen molar-refractivity contribution in [3.05, 3.63) is 28.5 Å². The van der Waals surface area contributed by atoms with E-state index in [1.165, 1.54) is 17.9 Å². The molecular weight excluding hydrogens is 462 g/mol. The lowest BCUT2D eigenvalue weighted by atomic mass is 9.51. The second-order valence-electron chi connectivity index (χ2n) is 9.65. The van der Waals surface area contributed by atoms with Gasteiger partial charge in [-0.3, -0.25) is 14.4 Å². The Morgan fingerprint density at radius 3 is 2.51 bits per heavy atom. The summed E-state index contributed by atoms with van der Waals surface area (Å²) in [6, 6.07) is 1.29. The number of nitrogens with one attached hydrogen (secondary N) is 1. The number of carbonyl (C=O) groups excluding carboxylic acids is 3. The first-order valence-electron chi connectivity index (χ1n) is 10.8. The van der Waals surface area contributed by atoms with Gasteiger partial charge in [-0.05, 0) is 19.4 Å². The van der Waals surface area contributed by atoms with E-state index >= 15 is 0 Å². The van der Waals surface area contributed by atoms with Crippen LogP contribution in [0.1, 0.15) is 35.7 Å². The zero-order valence-electron chi connectivity index (χ0n) is 19.1. The highest BCUT2D eigenvalue weighted by Gasteiger charge is 2.66. The molecule has 3 aliphatic carbocycles. The smallest absolute Gasteiger partial charge is 0.255 e. The third kappa shape index (κ3) is 3.06. The Morgan fingerprint density at radius 2 is 1.97 bits per heavy atom. The van der Waals surface area contributed by atoms with Crippen molar-refractivity contribution in [2.24, 2.45) is 28.6 Å². The Labute approximate surface area is 198 Å². The Morgan fingerprint density at radius 1 is 1.34 bits per heavy atom. The van der Waals surface area contributed by atoms with E-state index in [9.17, 15) is 39.9 Å². The maximum absolute atomic E-state index is 13.7. The van der Waals surface area contributed by atoms with Gasteiger partial charge in [-0.25, -0.2) is 0 Å². The minimum atomic E-state index is -2.59. The van der Waals surface area contributed by atoms with Crippen LogP contribution in [0.15, 0.2) is 22.5 Å². The fourth-order valence-corrected chi connectivity index (χ4v) is 5.98. The molecule has 1 aromatic carbocycles. The number of rotatable bonds is 3. The number of nitrogens with zero attached hydrogens (tertiary/aromatic N) is 3. The molecule has 7 N–H and O–H groups in total. The van der Waals surface area contributed by atoms with Crippen LogP contribution in [0.25, 0.3) is 0 Å². The molecule has 6 atom stereocenters.